The zero-order valence-electron chi connectivity index (χ0n) is 14.7. The largest absolute Gasteiger partial charge is 0.295 e. The molecule has 3 rings (SSSR count). The van der Waals surface area contributed by atoms with Crippen LogP contribution in [0, 0.1) is 13.8 Å². The van der Waals surface area contributed by atoms with Crippen molar-refractivity contribution >= 4 is 0 Å². The van der Waals surface area contributed by atoms with E-state index in [4.69, 9.17) is 0 Å². The summed E-state index contributed by atoms with van der Waals surface area (Å²) in [5, 5.41) is 7.39. The van der Waals surface area contributed by atoms with Gasteiger partial charge in [0.1, 0.15) is 0 Å². The van der Waals surface area contributed by atoms with Crippen LogP contribution in [0.15, 0.2) is 48.7 Å². The Bertz CT molecular complexity index is 771. The number of rotatable bonds is 5. The molecule has 0 amide bonds. The van der Waals surface area contributed by atoms with Crippen molar-refractivity contribution < 1.29 is 0 Å². The summed E-state index contributed by atoms with van der Waals surface area (Å²) >= 11 is 0. The van der Waals surface area contributed by atoms with Crippen molar-refractivity contribution in [2.75, 3.05) is 7.05 Å². The van der Waals surface area contributed by atoms with E-state index >= 15 is 0 Å². The molecule has 0 saturated carbocycles. The molecule has 2 heterocycles. The average molecular weight is 320 g/mol. The van der Waals surface area contributed by atoms with E-state index in [1.807, 2.05) is 24.4 Å². The molecule has 0 fully saturated rings. The van der Waals surface area contributed by atoms with Crippen molar-refractivity contribution in [3.63, 3.8) is 0 Å². The van der Waals surface area contributed by atoms with Gasteiger partial charge >= 0.3 is 0 Å². The van der Waals surface area contributed by atoms with Gasteiger partial charge in [-0.05, 0) is 45.5 Å². The molecule has 4 nitrogen and oxygen atoms in total. The molecule has 0 aliphatic heterocycles. The lowest BCUT2D eigenvalue weighted by atomic mass is 10.0. The van der Waals surface area contributed by atoms with Gasteiger partial charge in [-0.15, -0.1) is 0 Å². The lowest BCUT2D eigenvalue weighted by Gasteiger charge is -2.25. The number of benzene rings is 1. The summed E-state index contributed by atoms with van der Waals surface area (Å²) in [5.74, 6) is 0. The van der Waals surface area contributed by atoms with Gasteiger partial charge in [0.2, 0.25) is 0 Å². The molecule has 3 aromatic rings. The summed E-state index contributed by atoms with van der Waals surface area (Å²) in [5.41, 5.74) is 6.98. The molecule has 0 radical (unpaired) electrons. The van der Waals surface area contributed by atoms with Gasteiger partial charge in [0.05, 0.1) is 11.4 Å². The maximum Gasteiger partial charge on any atom is 0.0701 e. The molecule has 0 unspecified atom stereocenters. The van der Waals surface area contributed by atoms with Gasteiger partial charge in [-0.1, -0.05) is 30.3 Å². The van der Waals surface area contributed by atoms with Crippen molar-refractivity contribution in [1.29, 1.82) is 0 Å². The van der Waals surface area contributed by atoms with E-state index in [2.05, 4.69) is 72.2 Å². The first-order valence-electron chi connectivity index (χ1n) is 8.28. The third kappa shape index (κ3) is 3.39. The Morgan fingerprint density at radius 2 is 1.83 bits per heavy atom. The van der Waals surface area contributed by atoms with Crippen molar-refractivity contribution in [1.82, 2.24) is 20.1 Å². The number of nitrogens with one attached hydrogen (secondary N) is 1. The molecule has 4 heteroatoms. The number of H-pyrrole nitrogens is 1. The number of aromatic nitrogens is 3. The smallest absolute Gasteiger partial charge is 0.0701 e. The molecule has 2 aromatic heterocycles. The molecule has 0 saturated heterocycles. The second-order valence-electron chi connectivity index (χ2n) is 6.35. The van der Waals surface area contributed by atoms with E-state index in [-0.39, 0.29) is 0 Å². The molecule has 124 valence electrons. The summed E-state index contributed by atoms with van der Waals surface area (Å²) < 4.78 is 0. The number of hydrogen-bond acceptors (Lipinski definition) is 3. The first-order valence-corrected chi connectivity index (χ1v) is 8.28. The van der Waals surface area contributed by atoms with Gasteiger partial charge in [0.15, 0.2) is 0 Å². The second-order valence-corrected chi connectivity index (χ2v) is 6.35. The fourth-order valence-electron chi connectivity index (χ4n) is 3.13. The molecule has 0 bridgehead atoms. The minimum atomic E-state index is 0.319. The summed E-state index contributed by atoms with van der Waals surface area (Å²) in [7, 11) is 2.16. The third-order valence-corrected chi connectivity index (χ3v) is 4.61. The van der Waals surface area contributed by atoms with E-state index in [0.717, 1.165) is 29.2 Å². The van der Waals surface area contributed by atoms with Crippen molar-refractivity contribution in [2.45, 2.75) is 33.4 Å². The molecule has 0 aliphatic carbocycles. The number of pyridine rings is 1. The van der Waals surface area contributed by atoms with Crippen LogP contribution in [0.25, 0.3) is 11.3 Å². The lowest BCUT2D eigenvalue weighted by Crippen LogP contribution is -2.22. The highest BCUT2D eigenvalue weighted by Gasteiger charge is 2.18. The Balaban J connectivity index is 1.72. The molecule has 0 aliphatic rings. The highest BCUT2D eigenvalue weighted by molar-refractivity contribution is 5.58. The Labute approximate surface area is 143 Å². The van der Waals surface area contributed by atoms with Crippen LogP contribution in [0.2, 0.25) is 0 Å². The predicted molar refractivity (Wildman–Crippen MR) is 97.6 cm³/mol. The van der Waals surface area contributed by atoms with Gasteiger partial charge in [0.25, 0.3) is 0 Å². The molecule has 1 aromatic carbocycles. The lowest BCUT2D eigenvalue weighted by molar-refractivity contribution is 0.251. The maximum atomic E-state index is 4.40. The van der Waals surface area contributed by atoms with E-state index in [1.54, 1.807) is 0 Å². The van der Waals surface area contributed by atoms with Gasteiger partial charge in [-0.25, -0.2) is 0 Å². The summed E-state index contributed by atoms with van der Waals surface area (Å²) in [6, 6.07) is 15.0. The summed E-state index contributed by atoms with van der Waals surface area (Å²) in [6.45, 7) is 7.27. The van der Waals surface area contributed by atoms with Crippen molar-refractivity contribution in [3.8, 4) is 11.3 Å². The first-order chi connectivity index (χ1) is 11.6. The number of nitrogens with zero attached hydrogens (tertiary/aromatic N) is 3. The minimum Gasteiger partial charge on any atom is -0.295 e. The summed E-state index contributed by atoms with van der Waals surface area (Å²) in [6.07, 6.45) is 1.83. The molecule has 1 atom stereocenters. The first kappa shape index (κ1) is 16.4. The Hall–Kier alpha value is -2.46. The molecular weight excluding hydrogens is 296 g/mol. The number of hydrogen-bond donors (Lipinski definition) is 1. The maximum absolute atomic E-state index is 4.40. The molecule has 24 heavy (non-hydrogen) atoms. The fraction of sp³-hybridized carbons (Fsp3) is 0.300. The van der Waals surface area contributed by atoms with Crippen molar-refractivity contribution in [2.24, 2.45) is 0 Å². The summed E-state index contributed by atoms with van der Waals surface area (Å²) in [4.78, 5) is 6.75. The Morgan fingerprint density at radius 1 is 1.08 bits per heavy atom. The van der Waals surface area contributed by atoms with Crippen LogP contribution in [0.5, 0.6) is 0 Å². The third-order valence-electron chi connectivity index (χ3n) is 4.61. The van der Waals surface area contributed by atoms with Crippen LogP contribution in [0.3, 0.4) is 0 Å². The van der Waals surface area contributed by atoms with Gasteiger partial charge in [-0.3, -0.25) is 15.0 Å². The van der Waals surface area contributed by atoms with Crippen LogP contribution in [-0.2, 0) is 6.54 Å². The molecular formula is C20H24N4. The van der Waals surface area contributed by atoms with E-state index in [0.29, 0.717) is 6.04 Å². The quantitative estimate of drug-likeness (QED) is 0.763. The monoisotopic (exact) mass is 320 g/mol. The number of aromatic amines is 1. The highest BCUT2D eigenvalue weighted by Crippen LogP contribution is 2.26. The van der Waals surface area contributed by atoms with E-state index in [1.165, 1.54) is 11.1 Å². The molecule has 0 spiro atoms. The van der Waals surface area contributed by atoms with Crippen LogP contribution >= 0.6 is 0 Å². The predicted octanol–water partition coefficient (Wildman–Crippen LogP) is 4.28. The van der Waals surface area contributed by atoms with Crippen molar-refractivity contribution in [3.05, 3.63) is 71.2 Å². The zero-order chi connectivity index (χ0) is 17.1. The van der Waals surface area contributed by atoms with E-state index < -0.39 is 0 Å². The topological polar surface area (TPSA) is 44.8 Å². The van der Waals surface area contributed by atoms with Gasteiger partial charge in [-0.2, -0.15) is 5.10 Å². The Morgan fingerprint density at radius 3 is 2.42 bits per heavy atom. The Kier molecular flexibility index (Phi) is 4.76. The highest BCUT2D eigenvalue weighted by atomic mass is 15.2. The zero-order valence-corrected chi connectivity index (χ0v) is 14.7. The molecule has 1 N–H and O–H groups in total. The van der Waals surface area contributed by atoms with Crippen LogP contribution in [0.1, 0.15) is 35.5 Å². The van der Waals surface area contributed by atoms with Crippen LogP contribution < -0.4 is 0 Å². The van der Waals surface area contributed by atoms with Crippen LogP contribution in [0.4, 0.5) is 0 Å². The van der Waals surface area contributed by atoms with Crippen LogP contribution in [-0.4, -0.2) is 27.1 Å². The van der Waals surface area contributed by atoms with Gasteiger partial charge < -0.3 is 0 Å². The standard InChI is InChI=1S/C20H24N4/c1-14-20(15(2)23-22-14)16(3)24(4)13-17-8-10-18(11-9-17)19-7-5-6-12-21-19/h5-12,16H,13H2,1-4H3,(H,22,23)/t16-/m0/s1. The van der Waals surface area contributed by atoms with Gasteiger partial charge in [0, 0.05) is 35.6 Å². The average Bonchev–Trinajstić information content (AvgIpc) is 2.94. The second kappa shape index (κ2) is 6.97. The normalized spacial score (nSPS) is 12.5. The fourth-order valence-corrected chi connectivity index (χ4v) is 3.13. The van der Waals surface area contributed by atoms with E-state index in [9.17, 15) is 0 Å². The minimum absolute atomic E-state index is 0.319. The SMILES string of the molecule is Cc1n[nH]c(C)c1[C@H](C)N(C)Cc1ccc(-c2ccccn2)cc1. The number of aryl methyl sites for hydroxylation is 2.